The zero-order valence-corrected chi connectivity index (χ0v) is 11.1. The average molecular weight is 250 g/mol. The fourth-order valence-electron chi connectivity index (χ4n) is 1.45. The van der Waals surface area contributed by atoms with Gasteiger partial charge in [-0.15, -0.1) is 0 Å². The number of nitriles is 1. The van der Waals surface area contributed by atoms with E-state index < -0.39 is 10.8 Å². The third kappa shape index (κ3) is 5.12. The molecular weight excluding hydrogens is 232 g/mol. The number of hydrogen-bond acceptors (Lipinski definition) is 3. The third-order valence-electron chi connectivity index (χ3n) is 2.68. The number of nitrogens with one attached hydrogen (secondary N) is 1. The Balaban J connectivity index is 2.31. The Morgan fingerprint density at radius 1 is 1.53 bits per heavy atom. The molecule has 2 unspecified atom stereocenters. The van der Waals surface area contributed by atoms with Crippen LogP contribution in [-0.4, -0.2) is 22.3 Å². The van der Waals surface area contributed by atoms with Crippen LogP contribution in [0.5, 0.6) is 0 Å². The number of benzene rings is 1. The summed E-state index contributed by atoms with van der Waals surface area (Å²) in [4.78, 5) is 0. The van der Waals surface area contributed by atoms with Gasteiger partial charge in [-0.3, -0.25) is 4.21 Å². The zero-order valence-electron chi connectivity index (χ0n) is 10.3. The molecule has 0 saturated heterocycles. The molecule has 0 saturated carbocycles. The first-order valence-corrected chi connectivity index (χ1v) is 7.27. The van der Waals surface area contributed by atoms with E-state index in [1.807, 2.05) is 25.1 Å². The van der Waals surface area contributed by atoms with E-state index in [1.54, 1.807) is 12.3 Å². The van der Waals surface area contributed by atoms with E-state index in [9.17, 15) is 4.21 Å². The molecule has 1 aromatic rings. The molecular formula is C13H18N2OS. The van der Waals surface area contributed by atoms with Crippen molar-refractivity contribution < 1.29 is 4.21 Å². The lowest BCUT2D eigenvalue weighted by Gasteiger charge is -2.09. The minimum Gasteiger partial charge on any atom is -0.313 e. The summed E-state index contributed by atoms with van der Waals surface area (Å²) in [7, 11) is -0.746. The largest absolute Gasteiger partial charge is 0.313 e. The Morgan fingerprint density at radius 3 is 2.94 bits per heavy atom. The molecule has 1 N–H and O–H groups in total. The van der Waals surface area contributed by atoms with E-state index in [0.29, 0.717) is 5.56 Å². The van der Waals surface area contributed by atoms with Gasteiger partial charge in [0.25, 0.3) is 0 Å². The molecule has 0 heterocycles. The second-order valence-corrected chi connectivity index (χ2v) is 5.89. The van der Waals surface area contributed by atoms with E-state index in [4.69, 9.17) is 5.26 Å². The van der Waals surface area contributed by atoms with Gasteiger partial charge < -0.3 is 5.32 Å². The van der Waals surface area contributed by atoms with Crippen molar-refractivity contribution in [3.05, 3.63) is 35.4 Å². The molecule has 0 aliphatic rings. The number of rotatable bonds is 6. The van der Waals surface area contributed by atoms with Gasteiger partial charge in [-0.05, 0) is 30.7 Å². The van der Waals surface area contributed by atoms with Gasteiger partial charge in [0.1, 0.15) is 0 Å². The molecule has 4 heteroatoms. The Hall–Kier alpha value is -1.18. The van der Waals surface area contributed by atoms with Gasteiger partial charge in [0.15, 0.2) is 0 Å². The predicted octanol–water partition coefficient (Wildman–Crippen LogP) is 1.80. The monoisotopic (exact) mass is 250 g/mol. The standard InChI is InChI=1S/C13H18N2OS/c1-11(17(2)16)6-7-15-10-13-5-3-4-12(8-13)9-14/h3-5,8,11,15H,6-7,10H2,1-2H3. The topological polar surface area (TPSA) is 52.9 Å². The van der Waals surface area contributed by atoms with Crippen LogP contribution in [0.15, 0.2) is 24.3 Å². The average Bonchev–Trinajstić information content (AvgIpc) is 2.34. The molecule has 0 aromatic heterocycles. The van der Waals surface area contributed by atoms with Crippen LogP contribution in [0.3, 0.4) is 0 Å². The fourth-order valence-corrected chi connectivity index (χ4v) is 1.90. The van der Waals surface area contributed by atoms with Crippen molar-refractivity contribution in [2.75, 3.05) is 12.8 Å². The number of hydrogen-bond donors (Lipinski definition) is 1. The van der Waals surface area contributed by atoms with Gasteiger partial charge in [0, 0.05) is 28.9 Å². The van der Waals surface area contributed by atoms with E-state index in [0.717, 1.165) is 25.1 Å². The van der Waals surface area contributed by atoms with Crippen molar-refractivity contribution in [1.82, 2.24) is 5.32 Å². The maximum atomic E-state index is 11.1. The second kappa shape index (κ2) is 7.21. The first-order chi connectivity index (χ1) is 8.13. The Kier molecular flexibility index (Phi) is 5.88. The molecule has 3 nitrogen and oxygen atoms in total. The van der Waals surface area contributed by atoms with Gasteiger partial charge in [-0.1, -0.05) is 19.1 Å². The van der Waals surface area contributed by atoms with Crippen LogP contribution in [0.25, 0.3) is 0 Å². The van der Waals surface area contributed by atoms with Crippen LogP contribution in [0.1, 0.15) is 24.5 Å². The van der Waals surface area contributed by atoms with Crippen molar-refractivity contribution in [3.63, 3.8) is 0 Å². The summed E-state index contributed by atoms with van der Waals surface area (Å²) in [6.07, 6.45) is 2.64. The Bertz CT molecular complexity index is 426. The first kappa shape index (κ1) is 13.9. The van der Waals surface area contributed by atoms with Crippen LogP contribution in [0.2, 0.25) is 0 Å². The lowest BCUT2D eigenvalue weighted by atomic mass is 10.1. The molecule has 0 spiro atoms. The molecule has 0 aliphatic heterocycles. The minimum absolute atomic E-state index is 0.230. The Morgan fingerprint density at radius 2 is 2.29 bits per heavy atom. The molecule has 0 aliphatic carbocycles. The van der Waals surface area contributed by atoms with Crippen LogP contribution in [0.4, 0.5) is 0 Å². The molecule has 17 heavy (non-hydrogen) atoms. The fraction of sp³-hybridized carbons (Fsp3) is 0.462. The summed E-state index contributed by atoms with van der Waals surface area (Å²) in [5.74, 6) is 0. The SMILES string of the molecule is CC(CCNCc1cccc(C#N)c1)S(C)=O. The van der Waals surface area contributed by atoms with E-state index in [-0.39, 0.29) is 5.25 Å². The molecule has 92 valence electrons. The number of nitrogens with zero attached hydrogens (tertiary/aromatic N) is 1. The molecule has 1 aromatic carbocycles. The van der Waals surface area contributed by atoms with Gasteiger partial charge in [-0.2, -0.15) is 5.26 Å². The van der Waals surface area contributed by atoms with Gasteiger partial charge in [-0.25, -0.2) is 0 Å². The molecule has 2 atom stereocenters. The highest BCUT2D eigenvalue weighted by atomic mass is 32.2. The third-order valence-corrected chi connectivity index (χ3v) is 4.05. The molecule has 1 rings (SSSR count). The van der Waals surface area contributed by atoms with Crippen molar-refractivity contribution in [3.8, 4) is 6.07 Å². The van der Waals surface area contributed by atoms with Crippen molar-refractivity contribution in [2.45, 2.75) is 25.1 Å². The highest BCUT2D eigenvalue weighted by Gasteiger charge is 2.04. The van der Waals surface area contributed by atoms with E-state index in [1.165, 1.54) is 0 Å². The van der Waals surface area contributed by atoms with Crippen LogP contribution in [-0.2, 0) is 17.3 Å². The predicted molar refractivity (Wildman–Crippen MR) is 71.0 cm³/mol. The molecule has 0 fully saturated rings. The lowest BCUT2D eigenvalue weighted by Crippen LogP contribution is -2.20. The second-order valence-electron chi connectivity index (χ2n) is 4.09. The first-order valence-electron chi connectivity index (χ1n) is 5.65. The van der Waals surface area contributed by atoms with Gasteiger partial charge in [0.05, 0.1) is 11.6 Å². The molecule has 0 amide bonds. The summed E-state index contributed by atoms with van der Waals surface area (Å²) in [6.45, 7) is 3.59. The minimum atomic E-state index is -0.746. The summed E-state index contributed by atoms with van der Waals surface area (Å²) >= 11 is 0. The van der Waals surface area contributed by atoms with Crippen LogP contribution in [0, 0.1) is 11.3 Å². The Labute approximate surface area is 105 Å². The van der Waals surface area contributed by atoms with Gasteiger partial charge >= 0.3 is 0 Å². The summed E-state index contributed by atoms with van der Waals surface area (Å²) in [5.41, 5.74) is 1.79. The summed E-state index contributed by atoms with van der Waals surface area (Å²) in [6, 6.07) is 9.69. The van der Waals surface area contributed by atoms with Crippen molar-refractivity contribution in [1.29, 1.82) is 5.26 Å². The quantitative estimate of drug-likeness (QED) is 0.783. The lowest BCUT2D eigenvalue weighted by molar-refractivity contribution is 0.629. The highest BCUT2D eigenvalue weighted by Crippen LogP contribution is 2.04. The van der Waals surface area contributed by atoms with Crippen molar-refractivity contribution >= 4 is 10.8 Å². The van der Waals surface area contributed by atoms with E-state index in [2.05, 4.69) is 11.4 Å². The van der Waals surface area contributed by atoms with Gasteiger partial charge in [0.2, 0.25) is 0 Å². The smallest absolute Gasteiger partial charge is 0.0991 e. The van der Waals surface area contributed by atoms with Crippen LogP contribution >= 0.6 is 0 Å². The summed E-state index contributed by atoms with van der Waals surface area (Å²) in [5, 5.41) is 12.3. The molecule has 0 bridgehead atoms. The maximum absolute atomic E-state index is 11.1. The molecule has 0 radical (unpaired) electrons. The maximum Gasteiger partial charge on any atom is 0.0991 e. The normalized spacial score (nSPS) is 13.9. The zero-order chi connectivity index (χ0) is 12.7. The van der Waals surface area contributed by atoms with Crippen LogP contribution < -0.4 is 5.32 Å². The summed E-state index contributed by atoms with van der Waals surface area (Å²) < 4.78 is 11.1. The van der Waals surface area contributed by atoms with E-state index >= 15 is 0 Å². The van der Waals surface area contributed by atoms with Crippen molar-refractivity contribution in [2.24, 2.45) is 0 Å². The highest BCUT2D eigenvalue weighted by molar-refractivity contribution is 7.84.